The number of carbonyl (C=O) groups is 4. The molecule has 1 atom stereocenters. The molecule has 2 aromatic carbocycles. The standard InChI is InChI=1S/C29H39N7O6/c1-28(2,3)42-23(38)11-12-29(36-27(40)41-4,15-18-7-5-9-20(13-18)24(30)31)26(39)35-17-22(37)34-16-19-8-6-10-21(14-19)25(32)33/h5-10,13-14H,11-12,15-17H2,1-4H3,(H3,30,31)(H3,32,33)(H,34,37)(H,35,39)(H,36,40)/t29-/m1/s1. The number of rotatable bonds is 13. The molecule has 2 rings (SSSR count). The van der Waals surface area contributed by atoms with Gasteiger partial charge in [-0.05, 0) is 50.5 Å². The average Bonchev–Trinajstić information content (AvgIpc) is 2.92. The molecule has 13 nitrogen and oxygen atoms in total. The van der Waals surface area contributed by atoms with Gasteiger partial charge in [0.1, 0.15) is 22.8 Å². The van der Waals surface area contributed by atoms with Crippen LogP contribution in [-0.2, 0) is 36.8 Å². The number of benzene rings is 2. The smallest absolute Gasteiger partial charge is 0.407 e. The van der Waals surface area contributed by atoms with E-state index in [1.807, 2.05) is 0 Å². The van der Waals surface area contributed by atoms with Gasteiger partial charge < -0.3 is 36.9 Å². The zero-order valence-corrected chi connectivity index (χ0v) is 24.3. The number of hydrogen-bond donors (Lipinski definition) is 7. The molecular weight excluding hydrogens is 542 g/mol. The highest BCUT2D eigenvalue weighted by molar-refractivity contribution is 5.96. The molecule has 0 spiro atoms. The van der Waals surface area contributed by atoms with Gasteiger partial charge >= 0.3 is 12.1 Å². The van der Waals surface area contributed by atoms with Crippen molar-refractivity contribution in [1.29, 1.82) is 10.8 Å². The minimum Gasteiger partial charge on any atom is -0.460 e. The maximum Gasteiger partial charge on any atom is 0.407 e. The van der Waals surface area contributed by atoms with E-state index in [2.05, 4.69) is 16.0 Å². The highest BCUT2D eigenvalue weighted by Gasteiger charge is 2.41. The summed E-state index contributed by atoms with van der Waals surface area (Å²) >= 11 is 0. The number of amides is 3. The van der Waals surface area contributed by atoms with Crippen LogP contribution in [-0.4, -0.2) is 60.3 Å². The lowest BCUT2D eigenvalue weighted by atomic mass is 9.84. The Hall–Kier alpha value is -4.94. The van der Waals surface area contributed by atoms with E-state index in [0.29, 0.717) is 22.3 Å². The van der Waals surface area contributed by atoms with Crippen molar-refractivity contribution in [2.75, 3.05) is 13.7 Å². The van der Waals surface area contributed by atoms with Gasteiger partial charge in [0.25, 0.3) is 0 Å². The molecule has 0 aliphatic heterocycles. The van der Waals surface area contributed by atoms with Crippen LogP contribution in [0.1, 0.15) is 55.9 Å². The van der Waals surface area contributed by atoms with Crippen LogP contribution >= 0.6 is 0 Å². The maximum absolute atomic E-state index is 13.7. The average molecular weight is 582 g/mol. The number of alkyl carbamates (subject to hydrolysis) is 1. The number of nitrogens with one attached hydrogen (secondary N) is 5. The Morgan fingerprint density at radius 1 is 0.881 bits per heavy atom. The first-order valence-corrected chi connectivity index (χ1v) is 13.1. The second-order valence-electron chi connectivity index (χ2n) is 10.6. The van der Waals surface area contributed by atoms with E-state index in [9.17, 15) is 19.2 Å². The molecule has 0 aliphatic carbocycles. The van der Waals surface area contributed by atoms with E-state index < -0.39 is 41.6 Å². The van der Waals surface area contributed by atoms with Crippen LogP contribution < -0.4 is 27.4 Å². The van der Waals surface area contributed by atoms with Crippen molar-refractivity contribution in [3.63, 3.8) is 0 Å². The van der Waals surface area contributed by atoms with Crippen LogP contribution in [0.25, 0.3) is 0 Å². The molecule has 3 amide bonds. The number of hydrogen-bond acceptors (Lipinski definition) is 8. The van der Waals surface area contributed by atoms with Gasteiger partial charge in [0, 0.05) is 30.5 Å². The van der Waals surface area contributed by atoms with E-state index in [4.69, 9.17) is 31.8 Å². The number of amidine groups is 2. The summed E-state index contributed by atoms with van der Waals surface area (Å²) in [7, 11) is 1.14. The fraction of sp³-hybridized carbons (Fsp3) is 0.379. The molecule has 0 unspecified atom stereocenters. The first-order valence-electron chi connectivity index (χ1n) is 13.1. The second kappa shape index (κ2) is 14.6. The van der Waals surface area contributed by atoms with Gasteiger partial charge in [-0.1, -0.05) is 36.4 Å². The maximum atomic E-state index is 13.7. The minimum atomic E-state index is -1.74. The summed E-state index contributed by atoms with van der Waals surface area (Å²) in [5.74, 6) is -2.14. The summed E-state index contributed by atoms with van der Waals surface area (Å²) in [5.41, 5.74) is 10.8. The number of nitrogen functional groups attached to an aromatic ring is 2. The molecule has 226 valence electrons. The van der Waals surface area contributed by atoms with Gasteiger partial charge in [0.2, 0.25) is 11.8 Å². The third kappa shape index (κ3) is 10.6. The lowest BCUT2D eigenvalue weighted by Gasteiger charge is -2.33. The van der Waals surface area contributed by atoms with E-state index in [-0.39, 0.29) is 37.5 Å². The van der Waals surface area contributed by atoms with Crippen LogP contribution in [0.3, 0.4) is 0 Å². The lowest BCUT2D eigenvalue weighted by molar-refractivity contribution is -0.155. The van der Waals surface area contributed by atoms with Crippen molar-refractivity contribution in [1.82, 2.24) is 16.0 Å². The Kier molecular flexibility index (Phi) is 11.6. The fourth-order valence-electron chi connectivity index (χ4n) is 4.04. The first kappa shape index (κ1) is 33.3. The SMILES string of the molecule is COC(=O)N[C@](CCC(=O)OC(C)(C)C)(Cc1cccc(C(=N)N)c1)C(=O)NCC(=O)NCc1cccc(C(=N)N)c1. The molecule has 42 heavy (non-hydrogen) atoms. The molecule has 0 heterocycles. The molecule has 0 bridgehead atoms. The summed E-state index contributed by atoms with van der Waals surface area (Å²) in [5, 5.41) is 23.1. The molecule has 0 aliphatic rings. The van der Waals surface area contributed by atoms with Gasteiger partial charge in [-0.2, -0.15) is 0 Å². The molecule has 0 saturated heterocycles. The van der Waals surface area contributed by atoms with E-state index in [1.165, 1.54) is 0 Å². The van der Waals surface area contributed by atoms with Gasteiger partial charge in [0.15, 0.2) is 0 Å². The number of carbonyl (C=O) groups excluding carboxylic acids is 4. The van der Waals surface area contributed by atoms with Gasteiger partial charge in [-0.25, -0.2) is 4.79 Å². The minimum absolute atomic E-state index is 0.106. The van der Waals surface area contributed by atoms with Crippen molar-refractivity contribution < 1.29 is 28.7 Å². The lowest BCUT2D eigenvalue weighted by Crippen LogP contribution is -2.61. The second-order valence-corrected chi connectivity index (χ2v) is 10.6. The Balaban J connectivity index is 2.29. The normalized spacial score (nSPS) is 12.3. The van der Waals surface area contributed by atoms with Crippen molar-refractivity contribution in [2.24, 2.45) is 11.5 Å². The largest absolute Gasteiger partial charge is 0.460 e. The predicted octanol–water partition coefficient (Wildman–Crippen LogP) is 1.45. The fourth-order valence-corrected chi connectivity index (χ4v) is 4.04. The van der Waals surface area contributed by atoms with Crippen LogP contribution in [0.5, 0.6) is 0 Å². The number of nitrogens with two attached hydrogens (primary N) is 2. The summed E-state index contributed by atoms with van der Waals surface area (Å²) in [6.45, 7) is 4.81. The van der Waals surface area contributed by atoms with E-state index in [0.717, 1.165) is 7.11 Å². The van der Waals surface area contributed by atoms with Crippen LogP contribution in [0.15, 0.2) is 48.5 Å². The van der Waals surface area contributed by atoms with Gasteiger partial charge in [-0.3, -0.25) is 25.2 Å². The van der Waals surface area contributed by atoms with Crippen molar-refractivity contribution >= 4 is 35.5 Å². The Labute approximate surface area is 244 Å². The zero-order chi connectivity index (χ0) is 31.5. The Morgan fingerprint density at radius 2 is 1.45 bits per heavy atom. The summed E-state index contributed by atoms with van der Waals surface area (Å²) in [6.07, 6.45) is -1.46. The molecule has 2 aromatic rings. The van der Waals surface area contributed by atoms with Crippen LogP contribution in [0, 0.1) is 10.8 Å². The Morgan fingerprint density at radius 3 is 2.00 bits per heavy atom. The Bertz CT molecular complexity index is 1340. The molecule has 9 N–H and O–H groups in total. The highest BCUT2D eigenvalue weighted by atomic mass is 16.6. The molecular formula is C29H39N7O6. The molecule has 0 fully saturated rings. The highest BCUT2D eigenvalue weighted by Crippen LogP contribution is 2.23. The summed E-state index contributed by atoms with van der Waals surface area (Å²) in [4.78, 5) is 51.4. The van der Waals surface area contributed by atoms with Crippen LogP contribution in [0.4, 0.5) is 4.79 Å². The van der Waals surface area contributed by atoms with Gasteiger partial charge in [-0.15, -0.1) is 0 Å². The van der Waals surface area contributed by atoms with Crippen molar-refractivity contribution in [3.05, 3.63) is 70.8 Å². The molecule has 0 saturated carbocycles. The molecule has 0 radical (unpaired) electrons. The zero-order valence-electron chi connectivity index (χ0n) is 24.3. The molecule has 0 aromatic heterocycles. The van der Waals surface area contributed by atoms with Crippen molar-refractivity contribution in [3.8, 4) is 0 Å². The third-order valence-corrected chi connectivity index (χ3v) is 6.02. The number of methoxy groups -OCH3 is 1. The predicted molar refractivity (Wildman–Crippen MR) is 157 cm³/mol. The van der Waals surface area contributed by atoms with E-state index >= 15 is 0 Å². The summed E-state index contributed by atoms with van der Waals surface area (Å²) in [6, 6.07) is 13.3. The van der Waals surface area contributed by atoms with Crippen LogP contribution in [0.2, 0.25) is 0 Å². The van der Waals surface area contributed by atoms with Crippen molar-refractivity contribution in [2.45, 2.75) is 57.7 Å². The van der Waals surface area contributed by atoms with E-state index in [1.54, 1.807) is 69.3 Å². The van der Waals surface area contributed by atoms with Gasteiger partial charge in [0.05, 0.1) is 13.7 Å². The monoisotopic (exact) mass is 581 g/mol. The molecule has 13 heteroatoms. The third-order valence-electron chi connectivity index (χ3n) is 6.02. The topological polar surface area (TPSA) is 223 Å². The number of esters is 1. The quantitative estimate of drug-likeness (QED) is 0.104. The summed E-state index contributed by atoms with van der Waals surface area (Å²) < 4.78 is 10.2. The first-order chi connectivity index (χ1) is 19.6. The number of ether oxygens (including phenoxy) is 2.